The molecule has 0 heterocycles. The molecule has 0 bridgehead atoms. The van der Waals surface area contributed by atoms with Crippen LogP contribution in [0.2, 0.25) is 0 Å². The Hall–Kier alpha value is -5.71. The van der Waals surface area contributed by atoms with Gasteiger partial charge in [0.05, 0.1) is 18.9 Å². The predicted octanol–water partition coefficient (Wildman–Crippen LogP) is -1.37. The highest BCUT2D eigenvalue weighted by atomic mass is 16.4. The minimum atomic E-state index is -1.84. The molecule has 49 heavy (non-hydrogen) atoms. The first kappa shape index (κ1) is 39.5. The molecule has 12 N–H and O–H groups in total. The Balaban J connectivity index is 2.32. The van der Waals surface area contributed by atoms with Crippen molar-refractivity contribution in [3.8, 4) is 11.5 Å². The molecule has 0 unspecified atom stereocenters. The molecule has 2 rings (SSSR count). The molecule has 0 aliphatic carbocycles. The maximum atomic E-state index is 13.6. The molecular formula is C32H42N6O11. The van der Waals surface area contributed by atoms with Crippen LogP contribution in [0.5, 0.6) is 11.5 Å². The van der Waals surface area contributed by atoms with E-state index in [0.29, 0.717) is 11.1 Å². The summed E-state index contributed by atoms with van der Waals surface area (Å²) in [6.45, 7) is 3.59. The number of nitrogens with one attached hydrogen (secondary N) is 4. The van der Waals surface area contributed by atoms with E-state index in [1.54, 1.807) is 26.0 Å². The molecule has 266 valence electrons. The van der Waals surface area contributed by atoms with Gasteiger partial charge in [0.2, 0.25) is 29.5 Å². The van der Waals surface area contributed by atoms with Gasteiger partial charge >= 0.3 is 11.9 Å². The summed E-state index contributed by atoms with van der Waals surface area (Å²) in [4.78, 5) is 87.5. The van der Waals surface area contributed by atoms with Crippen LogP contribution in [-0.4, -0.2) is 92.1 Å². The molecule has 2 aromatic rings. The second kappa shape index (κ2) is 18.6. The highest BCUT2D eigenvalue weighted by Crippen LogP contribution is 2.14. The number of hydrogen-bond donors (Lipinski definition) is 10. The van der Waals surface area contributed by atoms with Gasteiger partial charge in [-0.3, -0.25) is 28.8 Å². The van der Waals surface area contributed by atoms with Gasteiger partial charge in [-0.2, -0.15) is 0 Å². The monoisotopic (exact) mass is 686 g/mol. The number of carbonyl (C=O) groups excluding carboxylic acids is 5. The van der Waals surface area contributed by atoms with E-state index in [1.807, 2.05) is 5.32 Å². The van der Waals surface area contributed by atoms with Crippen LogP contribution >= 0.6 is 0 Å². The average Bonchev–Trinajstić information content (AvgIpc) is 3.00. The van der Waals surface area contributed by atoms with E-state index in [2.05, 4.69) is 16.0 Å². The van der Waals surface area contributed by atoms with Crippen LogP contribution in [0.15, 0.2) is 48.5 Å². The van der Waals surface area contributed by atoms with Gasteiger partial charge in [0, 0.05) is 6.42 Å². The Labute approximate surface area is 281 Å². The number of carbonyl (C=O) groups is 7. The second-order valence-corrected chi connectivity index (χ2v) is 11.8. The van der Waals surface area contributed by atoms with Crippen LogP contribution in [-0.2, 0) is 46.4 Å². The van der Waals surface area contributed by atoms with E-state index in [9.17, 15) is 54.0 Å². The van der Waals surface area contributed by atoms with Crippen molar-refractivity contribution in [1.82, 2.24) is 21.3 Å². The topological polar surface area (TPSA) is 301 Å². The molecule has 5 amide bonds. The fourth-order valence-electron chi connectivity index (χ4n) is 4.64. The summed E-state index contributed by atoms with van der Waals surface area (Å²) >= 11 is 0. The number of aliphatic carboxylic acids is 2. The second-order valence-electron chi connectivity index (χ2n) is 11.8. The molecule has 0 saturated heterocycles. The molecule has 0 aromatic heterocycles. The number of benzene rings is 2. The number of nitrogens with two attached hydrogens (primary N) is 2. The smallest absolute Gasteiger partial charge is 0.326 e. The highest BCUT2D eigenvalue weighted by Gasteiger charge is 2.33. The van der Waals surface area contributed by atoms with Gasteiger partial charge in [0.25, 0.3) is 0 Å². The van der Waals surface area contributed by atoms with Crippen molar-refractivity contribution < 1.29 is 54.0 Å². The Morgan fingerprint density at radius 2 is 1.04 bits per heavy atom. The molecule has 0 fully saturated rings. The highest BCUT2D eigenvalue weighted by molar-refractivity contribution is 5.97. The fraction of sp³-hybridized carbons (Fsp3) is 0.406. The van der Waals surface area contributed by atoms with Gasteiger partial charge in [-0.05, 0) is 54.2 Å². The number of phenolic OH excluding ortho intramolecular Hbond substituents is 2. The lowest BCUT2D eigenvalue weighted by Gasteiger charge is -2.27. The zero-order valence-electron chi connectivity index (χ0n) is 26.9. The number of hydrogen-bond acceptors (Lipinski definition) is 10. The Morgan fingerprint density at radius 3 is 1.51 bits per heavy atom. The number of aromatic hydroxyl groups is 2. The number of primary amides is 1. The molecule has 0 radical (unpaired) electrons. The lowest BCUT2D eigenvalue weighted by molar-refractivity contribution is -0.144. The third-order valence-electron chi connectivity index (χ3n) is 7.11. The summed E-state index contributed by atoms with van der Waals surface area (Å²) < 4.78 is 0. The van der Waals surface area contributed by atoms with E-state index in [0.717, 1.165) is 0 Å². The van der Waals surface area contributed by atoms with Gasteiger partial charge in [-0.15, -0.1) is 0 Å². The van der Waals surface area contributed by atoms with Crippen molar-refractivity contribution in [3.63, 3.8) is 0 Å². The van der Waals surface area contributed by atoms with Gasteiger partial charge in [0.15, 0.2) is 0 Å². The van der Waals surface area contributed by atoms with E-state index in [-0.39, 0.29) is 36.7 Å². The van der Waals surface area contributed by atoms with E-state index in [4.69, 9.17) is 11.5 Å². The molecule has 2 aromatic carbocycles. The minimum absolute atomic E-state index is 0.0313. The third-order valence-corrected chi connectivity index (χ3v) is 7.11. The first-order chi connectivity index (χ1) is 22.9. The minimum Gasteiger partial charge on any atom is -0.508 e. The van der Waals surface area contributed by atoms with Crippen LogP contribution in [0, 0.1) is 5.92 Å². The first-order valence-electron chi connectivity index (χ1n) is 15.2. The molecule has 5 atom stereocenters. The molecule has 0 aliphatic rings. The number of amides is 5. The normalized spacial score (nSPS) is 14.0. The van der Waals surface area contributed by atoms with Crippen molar-refractivity contribution in [3.05, 3.63) is 59.7 Å². The Kier molecular flexibility index (Phi) is 15.0. The van der Waals surface area contributed by atoms with E-state index >= 15 is 0 Å². The zero-order chi connectivity index (χ0) is 36.8. The SMILES string of the molecule is CC(C)C[C@H](NC(=O)[C@@H](N)Cc1ccc(O)cc1)C(=O)N[C@@H](Cc1ccc(O)cc1)C(=O)N[C@@H](CC(=O)O)C(=O)N[C@@H](CC(N)=O)C(=O)O. The summed E-state index contributed by atoms with van der Waals surface area (Å²) in [5, 5.41) is 47.3. The summed E-state index contributed by atoms with van der Waals surface area (Å²) in [6.07, 6.45) is -1.82. The molecule has 17 nitrogen and oxygen atoms in total. The maximum absolute atomic E-state index is 13.6. The lowest BCUT2D eigenvalue weighted by Crippen LogP contribution is -2.59. The lowest BCUT2D eigenvalue weighted by atomic mass is 9.99. The standard InChI is InChI=1S/C32H42N6O11/c1-16(2)11-22(35-28(44)21(33)12-17-3-7-19(39)8-4-17)29(45)36-23(13-18-5-9-20(40)10-6-18)30(46)37-24(15-27(42)43)31(47)38-25(32(48)49)14-26(34)41/h3-10,16,21-25,39-40H,11-15,33H2,1-2H3,(H2,34,41)(H,35,44)(H,36,45)(H,37,46)(H,38,47)(H,42,43)(H,48,49)/t21-,22-,23-,24-,25-/m0/s1. The quantitative estimate of drug-likeness (QED) is 0.0819. The molecular weight excluding hydrogens is 644 g/mol. The Morgan fingerprint density at radius 1 is 0.612 bits per heavy atom. The number of carboxylic acids is 2. The number of carboxylic acid groups (broad SMARTS) is 2. The first-order valence-corrected chi connectivity index (χ1v) is 15.2. The number of rotatable bonds is 19. The van der Waals surface area contributed by atoms with Crippen LogP contribution in [0.4, 0.5) is 0 Å². The zero-order valence-corrected chi connectivity index (χ0v) is 26.9. The van der Waals surface area contributed by atoms with Crippen LogP contribution < -0.4 is 32.7 Å². The predicted molar refractivity (Wildman–Crippen MR) is 172 cm³/mol. The molecule has 0 spiro atoms. The molecule has 0 saturated carbocycles. The van der Waals surface area contributed by atoms with Gasteiger partial charge in [-0.1, -0.05) is 38.1 Å². The van der Waals surface area contributed by atoms with E-state index in [1.165, 1.54) is 36.4 Å². The summed E-state index contributed by atoms with van der Waals surface area (Å²) in [5.41, 5.74) is 12.2. The third kappa shape index (κ3) is 13.9. The fourth-order valence-corrected chi connectivity index (χ4v) is 4.64. The number of phenols is 2. The van der Waals surface area contributed by atoms with Crippen LogP contribution in [0.1, 0.15) is 44.2 Å². The van der Waals surface area contributed by atoms with Crippen LogP contribution in [0.25, 0.3) is 0 Å². The van der Waals surface area contributed by atoms with E-state index < -0.39 is 84.5 Å². The van der Waals surface area contributed by atoms with Gasteiger partial charge < -0.3 is 53.2 Å². The van der Waals surface area contributed by atoms with Crippen molar-refractivity contribution >= 4 is 41.5 Å². The average molecular weight is 687 g/mol. The molecule has 17 heteroatoms. The van der Waals surface area contributed by atoms with Crippen molar-refractivity contribution in [2.24, 2.45) is 17.4 Å². The maximum Gasteiger partial charge on any atom is 0.326 e. The van der Waals surface area contributed by atoms with Crippen LogP contribution in [0.3, 0.4) is 0 Å². The summed E-state index contributed by atoms with van der Waals surface area (Å²) in [6, 6.07) is 4.22. The Bertz CT molecular complexity index is 1500. The van der Waals surface area contributed by atoms with Gasteiger partial charge in [-0.25, -0.2) is 4.79 Å². The van der Waals surface area contributed by atoms with Crippen molar-refractivity contribution in [2.75, 3.05) is 0 Å². The summed E-state index contributed by atoms with van der Waals surface area (Å²) in [7, 11) is 0. The molecule has 0 aliphatic heterocycles. The van der Waals surface area contributed by atoms with Crippen molar-refractivity contribution in [1.29, 1.82) is 0 Å². The summed E-state index contributed by atoms with van der Waals surface area (Å²) in [5.74, 6) is -8.17. The van der Waals surface area contributed by atoms with Gasteiger partial charge in [0.1, 0.15) is 35.7 Å². The largest absolute Gasteiger partial charge is 0.508 e. The van der Waals surface area contributed by atoms with Crippen molar-refractivity contribution in [2.45, 2.75) is 76.2 Å².